The van der Waals surface area contributed by atoms with E-state index in [1.807, 2.05) is 36.4 Å². The summed E-state index contributed by atoms with van der Waals surface area (Å²) in [4.78, 5) is 18.7. The second-order valence-electron chi connectivity index (χ2n) is 7.02. The number of hydrogen-bond acceptors (Lipinski definition) is 6. The Morgan fingerprint density at radius 3 is 2.55 bits per heavy atom. The number of methoxy groups -OCH3 is 1. The van der Waals surface area contributed by atoms with E-state index in [1.54, 1.807) is 31.6 Å². The van der Waals surface area contributed by atoms with Crippen LogP contribution in [0.1, 0.15) is 12.8 Å². The van der Waals surface area contributed by atoms with Crippen molar-refractivity contribution in [2.24, 2.45) is 5.92 Å². The van der Waals surface area contributed by atoms with Crippen LogP contribution in [0.15, 0.2) is 60.9 Å². The summed E-state index contributed by atoms with van der Waals surface area (Å²) >= 11 is 0. The highest BCUT2D eigenvalue weighted by Crippen LogP contribution is 2.25. The molecule has 148 valence electrons. The molecular weight excluding hydrogens is 366 g/mol. The fourth-order valence-electron chi connectivity index (χ4n) is 3.49. The molecule has 1 N–H and O–H groups in total. The van der Waals surface area contributed by atoms with Crippen LogP contribution in [-0.2, 0) is 4.79 Å². The van der Waals surface area contributed by atoms with Crippen LogP contribution in [0.4, 0.5) is 11.5 Å². The third kappa shape index (κ3) is 4.51. The smallest absolute Gasteiger partial charge is 0.229 e. The summed E-state index contributed by atoms with van der Waals surface area (Å²) in [6.45, 7) is 1.50. The molecular formula is C22H23N5O2. The van der Waals surface area contributed by atoms with Crippen LogP contribution >= 0.6 is 0 Å². The number of rotatable bonds is 5. The van der Waals surface area contributed by atoms with Gasteiger partial charge in [-0.3, -0.25) is 9.78 Å². The van der Waals surface area contributed by atoms with Gasteiger partial charge in [0.15, 0.2) is 5.82 Å². The van der Waals surface area contributed by atoms with E-state index in [4.69, 9.17) is 4.74 Å². The topological polar surface area (TPSA) is 80.2 Å². The van der Waals surface area contributed by atoms with Gasteiger partial charge in [-0.05, 0) is 61.4 Å². The van der Waals surface area contributed by atoms with Gasteiger partial charge in [-0.25, -0.2) is 0 Å². The first kappa shape index (κ1) is 18.9. The van der Waals surface area contributed by atoms with E-state index in [2.05, 4.69) is 25.4 Å². The molecule has 1 aliphatic rings. The van der Waals surface area contributed by atoms with Gasteiger partial charge in [0.2, 0.25) is 5.91 Å². The van der Waals surface area contributed by atoms with Crippen LogP contribution in [0.3, 0.4) is 0 Å². The molecule has 0 bridgehead atoms. The second kappa shape index (κ2) is 8.68. The van der Waals surface area contributed by atoms with Gasteiger partial charge in [0.1, 0.15) is 5.75 Å². The molecule has 1 saturated heterocycles. The lowest BCUT2D eigenvalue weighted by Crippen LogP contribution is -2.41. The van der Waals surface area contributed by atoms with Crippen molar-refractivity contribution in [1.29, 1.82) is 0 Å². The first-order valence-corrected chi connectivity index (χ1v) is 9.67. The lowest BCUT2D eigenvalue weighted by Gasteiger charge is -2.32. The molecule has 1 fully saturated rings. The van der Waals surface area contributed by atoms with Crippen LogP contribution in [0.25, 0.3) is 11.3 Å². The second-order valence-corrected chi connectivity index (χ2v) is 7.02. The van der Waals surface area contributed by atoms with Gasteiger partial charge in [0, 0.05) is 36.7 Å². The number of carbonyl (C=O) groups is 1. The van der Waals surface area contributed by atoms with Crippen LogP contribution in [0.2, 0.25) is 0 Å². The van der Waals surface area contributed by atoms with Gasteiger partial charge in [-0.2, -0.15) is 0 Å². The molecule has 1 aromatic carbocycles. The highest BCUT2D eigenvalue weighted by atomic mass is 16.5. The minimum Gasteiger partial charge on any atom is -0.497 e. The summed E-state index contributed by atoms with van der Waals surface area (Å²) in [5.74, 6) is 1.55. The Morgan fingerprint density at radius 1 is 1.07 bits per heavy atom. The van der Waals surface area contributed by atoms with Crippen molar-refractivity contribution in [3.8, 4) is 17.0 Å². The predicted octanol–water partition coefficient (Wildman–Crippen LogP) is 3.40. The van der Waals surface area contributed by atoms with Gasteiger partial charge >= 0.3 is 0 Å². The highest BCUT2D eigenvalue weighted by Gasteiger charge is 2.26. The Morgan fingerprint density at radius 2 is 1.86 bits per heavy atom. The van der Waals surface area contributed by atoms with E-state index in [-0.39, 0.29) is 11.8 Å². The average Bonchev–Trinajstić information content (AvgIpc) is 2.80. The van der Waals surface area contributed by atoms with E-state index < -0.39 is 0 Å². The Bertz CT molecular complexity index is 945. The third-order valence-corrected chi connectivity index (χ3v) is 5.10. The summed E-state index contributed by atoms with van der Waals surface area (Å²) in [6, 6.07) is 15.2. The molecule has 7 heteroatoms. The zero-order valence-electron chi connectivity index (χ0n) is 16.3. The standard InChI is InChI=1S/C22H23N5O2/c1-29-19-6-4-16(5-7-19)20-8-9-21(26-25-20)27-14-2-3-17(15-27)22(28)24-18-10-12-23-13-11-18/h4-13,17H,2-3,14-15H2,1H3,(H,23,24,28). The molecule has 2 aromatic heterocycles. The third-order valence-electron chi connectivity index (χ3n) is 5.10. The van der Waals surface area contributed by atoms with Crippen LogP contribution in [-0.4, -0.2) is 41.3 Å². The molecule has 3 aromatic rings. The summed E-state index contributed by atoms with van der Waals surface area (Å²) in [6.07, 6.45) is 5.15. The molecule has 1 amide bonds. The van der Waals surface area contributed by atoms with Gasteiger partial charge in [-0.1, -0.05) is 0 Å². The number of benzene rings is 1. The van der Waals surface area contributed by atoms with Crippen molar-refractivity contribution in [1.82, 2.24) is 15.2 Å². The molecule has 0 aliphatic carbocycles. The number of nitrogens with zero attached hydrogens (tertiary/aromatic N) is 4. The maximum absolute atomic E-state index is 12.6. The molecule has 0 saturated carbocycles. The van der Waals surface area contributed by atoms with E-state index >= 15 is 0 Å². The largest absolute Gasteiger partial charge is 0.497 e. The number of pyridine rings is 1. The molecule has 0 spiro atoms. The Balaban J connectivity index is 1.42. The van der Waals surface area contributed by atoms with Crippen LogP contribution < -0.4 is 15.0 Å². The van der Waals surface area contributed by atoms with E-state index in [0.29, 0.717) is 6.54 Å². The Kier molecular flexibility index (Phi) is 5.65. The fraction of sp³-hybridized carbons (Fsp3) is 0.273. The van der Waals surface area contributed by atoms with Crippen molar-refractivity contribution in [2.75, 3.05) is 30.4 Å². The minimum atomic E-state index is -0.0834. The number of aromatic nitrogens is 3. The first-order chi connectivity index (χ1) is 14.2. The molecule has 0 radical (unpaired) electrons. The molecule has 7 nitrogen and oxygen atoms in total. The quantitative estimate of drug-likeness (QED) is 0.720. The molecule has 4 rings (SSSR count). The maximum Gasteiger partial charge on any atom is 0.229 e. The van der Waals surface area contributed by atoms with Crippen molar-refractivity contribution >= 4 is 17.4 Å². The number of nitrogens with one attached hydrogen (secondary N) is 1. The van der Waals surface area contributed by atoms with Gasteiger partial charge in [0.25, 0.3) is 0 Å². The van der Waals surface area contributed by atoms with E-state index in [0.717, 1.165) is 47.9 Å². The molecule has 1 unspecified atom stereocenters. The zero-order chi connectivity index (χ0) is 20.1. The lowest BCUT2D eigenvalue weighted by atomic mass is 9.97. The number of hydrogen-bond donors (Lipinski definition) is 1. The predicted molar refractivity (Wildman–Crippen MR) is 112 cm³/mol. The first-order valence-electron chi connectivity index (χ1n) is 9.67. The van der Waals surface area contributed by atoms with Crippen LogP contribution in [0.5, 0.6) is 5.75 Å². The van der Waals surface area contributed by atoms with Crippen molar-refractivity contribution in [3.63, 3.8) is 0 Å². The van der Waals surface area contributed by atoms with Gasteiger partial charge in [0.05, 0.1) is 18.7 Å². The Hall–Kier alpha value is -3.48. The number of amides is 1. The zero-order valence-corrected chi connectivity index (χ0v) is 16.3. The van der Waals surface area contributed by atoms with E-state index in [1.165, 1.54) is 0 Å². The SMILES string of the molecule is COc1ccc(-c2ccc(N3CCCC(C(=O)Nc4ccncc4)C3)nn2)cc1. The summed E-state index contributed by atoms with van der Waals surface area (Å²) in [5.41, 5.74) is 2.56. The van der Waals surface area contributed by atoms with Crippen molar-refractivity contribution in [3.05, 3.63) is 60.9 Å². The monoisotopic (exact) mass is 389 g/mol. The summed E-state index contributed by atoms with van der Waals surface area (Å²) < 4.78 is 5.19. The van der Waals surface area contributed by atoms with Crippen LogP contribution in [0, 0.1) is 5.92 Å². The molecule has 3 heterocycles. The van der Waals surface area contributed by atoms with Gasteiger partial charge in [-0.15, -0.1) is 10.2 Å². The highest BCUT2D eigenvalue weighted by molar-refractivity contribution is 5.92. The van der Waals surface area contributed by atoms with Crippen molar-refractivity contribution < 1.29 is 9.53 Å². The molecule has 1 atom stereocenters. The molecule has 29 heavy (non-hydrogen) atoms. The fourth-order valence-corrected chi connectivity index (χ4v) is 3.49. The summed E-state index contributed by atoms with van der Waals surface area (Å²) in [5, 5.41) is 11.8. The lowest BCUT2D eigenvalue weighted by molar-refractivity contribution is -0.120. The molecule has 1 aliphatic heterocycles. The van der Waals surface area contributed by atoms with E-state index in [9.17, 15) is 4.79 Å². The average molecular weight is 389 g/mol. The number of ether oxygens (including phenoxy) is 1. The van der Waals surface area contributed by atoms with Gasteiger partial charge < -0.3 is 15.0 Å². The normalized spacial score (nSPS) is 16.3. The minimum absolute atomic E-state index is 0.0312. The summed E-state index contributed by atoms with van der Waals surface area (Å²) in [7, 11) is 1.65. The number of piperidine rings is 1. The Labute approximate surface area is 169 Å². The number of carbonyl (C=O) groups excluding carboxylic acids is 1. The maximum atomic E-state index is 12.6. The number of anilines is 2. The van der Waals surface area contributed by atoms with Crippen molar-refractivity contribution in [2.45, 2.75) is 12.8 Å².